The molecule has 0 radical (unpaired) electrons. The standard InChI is InChI=1S/C26H28N2O4/c29-23(14-11-19-7-3-1-4-8-19)28-17-15-21(16-18-28)26(31)32-24(20-9-5-2-6-10-20)25(30)27-22-12-13-22/h1-11,14,21-22,24H,12-13,15-18H2,(H,27,30)/b14-11+. The molecule has 166 valence electrons. The fraction of sp³-hybridized carbons (Fsp3) is 0.346. The number of nitrogens with zero attached hydrogens (tertiary/aromatic N) is 1. The number of nitrogens with one attached hydrogen (secondary N) is 1. The van der Waals surface area contributed by atoms with Gasteiger partial charge in [0, 0.05) is 30.8 Å². The number of ether oxygens (including phenoxy) is 1. The Morgan fingerprint density at radius 3 is 2.16 bits per heavy atom. The van der Waals surface area contributed by atoms with Crippen molar-refractivity contribution in [2.45, 2.75) is 37.8 Å². The molecule has 32 heavy (non-hydrogen) atoms. The summed E-state index contributed by atoms with van der Waals surface area (Å²) in [4.78, 5) is 39.8. The van der Waals surface area contributed by atoms with Crippen LogP contribution in [0, 0.1) is 5.92 Å². The maximum Gasteiger partial charge on any atom is 0.310 e. The van der Waals surface area contributed by atoms with E-state index in [0.29, 0.717) is 31.5 Å². The molecule has 1 unspecified atom stereocenters. The largest absolute Gasteiger partial charge is 0.447 e. The molecule has 1 N–H and O–H groups in total. The average molecular weight is 433 g/mol. The van der Waals surface area contributed by atoms with Crippen LogP contribution in [0.1, 0.15) is 42.9 Å². The van der Waals surface area contributed by atoms with Gasteiger partial charge in [0.1, 0.15) is 0 Å². The number of carbonyl (C=O) groups is 3. The highest BCUT2D eigenvalue weighted by Gasteiger charge is 2.34. The molecule has 0 spiro atoms. The van der Waals surface area contributed by atoms with Crippen molar-refractivity contribution in [3.8, 4) is 0 Å². The Balaban J connectivity index is 1.32. The Morgan fingerprint density at radius 1 is 0.906 bits per heavy atom. The lowest BCUT2D eigenvalue weighted by molar-refractivity contribution is -0.162. The zero-order valence-corrected chi connectivity index (χ0v) is 18.0. The first-order valence-electron chi connectivity index (χ1n) is 11.2. The summed E-state index contributed by atoms with van der Waals surface area (Å²) < 4.78 is 5.70. The fourth-order valence-corrected chi connectivity index (χ4v) is 3.79. The molecule has 2 fully saturated rings. The molecule has 1 saturated heterocycles. The predicted octanol–water partition coefficient (Wildman–Crippen LogP) is 3.50. The molecule has 1 atom stereocenters. The summed E-state index contributed by atoms with van der Waals surface area (Å²) in [5, 5.41) is 2.93. The summed E-state index contributed by atoms with van der Waals surface area (Å²) >= 11 is 0. The van der Waals surface area contributed by atoms with Gasteiger partial charge < -0.3 is 15.0 Å². The average Bonchev–Trinajstić information content (AvgIpc) is 3.66. The summed E-state index contributed by atoms with van der Waals surface area (Å²) in [7, 11) is 0. The molecule has 2 amide bonds. The zero-order chi connectivity index (χ0) is 22.3. The summed E-state index contributed by atoms with van der Waals surface area (Å²) in [6.07, 6.45) is 5.40. The van der Waals surface area contributed by atoms with Gasteiger partial charge in [0.2, 0.25) is 12.0 Å². The molecule has 6 heteroatoms. The van der Waals surface area contributed by atoms with Crippen molar-refractivity contribution in [3.63, 3.8) is 0 Å². The maximum absolute atomic E-state index is 12.9. The highest BCUT2D eigenvalue weighted by molar-refractivity contribution is 5.92. The molecule has 1 saturated carbocycles. The van der Waals surface area contributed by atoms with E-state index < -0.39 is 6.10 Å². The number of esters is 1. The third-order valence-electron chi connectivity index (χ3n) is 5.86. The monoisotopic (exact) mass is 432 g/mol. The lowest BCUT2D eigenvalue weighted by Crippen LogP contribution is -2.41. The lowest BCUT2D eigenvalue weighted by Gasteiger charge is -2.31. The molecule has 4 rings (SSSR count). The number of amides is 2. The van der Waals surface area contributed by atoms with Gasteiger partial charge in [-0.15, -0.1) is 0 Å². The maximum atomic E-state index is 12.9. The molecule has 0 aromatic heterocycles. The number of piperidine rings is 1. The van der Waals surface area contributed by atoms with E-state index in [2.05, 4.69) is 5.32 Å². The number of hydrogen-bond acceptors (Lipinski definition) is 4. The second-order valence-corrected chi connectivity index (χ2v) is 8.35. The minimum Gasteiger partial charge on any atom is -0.447 e. The highest BCUT2D eigenvalue weighted by atomic mass is 16.5. The molecule has 6 nitrogen and oxygen atoms in total. The molecular weight excluding hydrogens is 404 g/mol. The molecule has 0 bridgehead atoms. The molecule has 1 aliphatic heterocycles. The number of hydrogen-bond donors (Lipinski definition) is 1. The number of benzene rings is 2. The summed E-state index contributed by atoms with van der Waals surface area (Å²) in [5.74, 6) is -1.04. The Labute approximate surface area is 188 Å². The number of likely N-dealkylation sites (tertiary alicyclic amines) is 1. The van der Waals surface area contributed by atoms with Crippen molar-refractivity contribution in [1.29, 1.82) is 0 Å². The molecular formula is C26H28N2O4. The second kappa shape index (κ2) is 10.3. The SMILES string of the molecule is O=C(OC(C(=O)NC1CC1)c1ccccc1)C1CCN(C(=O)/C=C/c2ccccc2)CC1. The van der Waals surface area contributed by atoms with Crippen LogP contribution in [0.4, 0.5) is 0 Å². The van der Waals surface area contributed by atoms with Gasteiger partial charge in [-0.1, -0.05) is 60.7 Å². The van der Waals surface area contributed by atoms with Gasteiger partial charge in [-0.05, 0) is 37.3 Å². The predicted molar refractivity (Wildman–Crippen MR) is 121 cm³/mol. The minimum atomic E-state index is -0.947. The molecule has 2 aromatic rings. The van der Waals surface area contributed by atoms with Crippen LogP contribution in [-0.4, -0.2) is 41.8 Å². The van der Waals surface area contributed by atoms with Crippen molar-refractivity contribution in [2.24, 2.45) is 5.92 Å². The topological polar surface area (TPSA) is 75.7 Å². The molecule has 2 aliphatic rings. The van der Waals surface area contributed by atoms with Crippen LogP contribution >= 0.6 is 0 Å². The molecule has 2 aromatic carbocycles. The first-order valence-corrected chi connectivity index (χ1v) is 11.2. The van der Waals surface area contributed by atoms with Gasteiger partial charge in [0.05, 0.1) is 5.92 Å². The zero-order valence-electron chi connectivity index (χ0n) is 18.0. The quantitative estimate of drug-likeness (QED) is 0.537. The first-order chi connectivity index (χ1) is 15.6. The van der Waals surface area contributed by atoms with Gasteiger partial charge in [-0.25, -0.2) is 0 Å². The van der Waals surface area contributed by atoms with E-state index in [1.54, 1.807) is 29.2 Å². The van der Waals surface area contributed by atoms with Crippen LogP contribution in [0.2, 0.25) is 0 Å². The van der Waals surface area contributed by atoms with E-state index in [9.17, 15) is 14.4 Å². The van der Waals surface area contributed by atoms with E-state index >= 15 is 0 Å². The highest BCUT2D eigenvalue weighted by Crippen LogP contribution is 2.26. The fourth-order valence-electron chi connectivity index (χ4n) is 3.79. The first kappa shape index (κ1) is 21.8. The van der Waals surface area contributed by atoms with Crippen molar-refractivity contribution < 1.29 is 19.1 Å². The minimum absolute atomic E-state index is 0.0633. The van der Waals surface area contributed by atoms with E-state index in [-0.39, 0.29) is 29.7 Å². The summed E-state index contributed by atoms with van der Waals surface area (Å²) in [6.45, 7) is 0.976. The van der Waals surface area contributed by atoms with Crippen LogP contribution in [-0.2, 0) is 19.1 Å². The van der Waals surface area contributed by atoms with Gasteiger partial charge >= 0.3 is 5.97 Å². The number of carbonyl (C=O) groups excluding carboxylic acids is 3. The van der Waals surface area contributed by atoms with Crippen LogP contribution in [0.3, 0.4) is 0 Å². The van der Waals surface area contributed by atoms with Gasteiger partial charge in [-0.2, -0.15) is 0 Å². The van der Waals surface area contributed by atoms with E-state index in [4.69, 9.17) is 4.74 Å². The third kappa shape index (κ3) is 5.84. The van der Waals surface area contributed by atoms with E-state index in [1.165, 1.54) is 0 Å². The Kier molecular flexibility index (Phi) is 7.00. The van der Waals surface area contributed by atoms with Crippen LogP contribution in [0.25, 0.3) is 6.08 Å². The van der Waals surface area contributed by atoms with Crippen LogP contribution in [0.15, 0.2) is 66.7 Å². The van der Waals surface area contributed by atoms with Gasteiger partial charge in [-0.3, -0.25) is 14.4 Å². The van der Waals surface area contributed by atoms with E-state index in [1.807, 2.05) is 48.5 Å². The Hall–Kier alpha value is -3.41. The Bertz CT molecular complexity index is 962. The number of rotatable bonds is 7. The van der Waals surface area contributed by atoms with Crippen molar-refractivity contribution in [1.82, 2.24) is 10.2 Å². The molecule has 1 heterocycles. The van der Waals surface area contributed by atoms with Gasteiger partial charge in [0.25, 0.3) is 5.91 Å². The van der Waals surface area contributed by atoms with Crippen LogP contribution < -0.4 is 5.32 Å². The normalized spacial score (nSPS) is 17.7. The second-order valence-electron chi connectivity index (χ2n) is 8.35. The third-order valence-corrected chi connectivity index (χ3v) is 5.86. The van der Waals surface area contributed by atoms with Crippen molar-refractivity contribution >= 4 is 23.9 Å². The summed E-state index contributed by atoms with van der Waals surface area (Å²) in [5.41, 5.74) is 1.63. The Morgan fingerprint density at radius 2 is 1.53 bits per heavy atom. The lowest BCUT2D eigenvalue weighted by atomic mass is 9.96. The molecule has 1 aliphatic carbocycles. The van der Waals surface area contributed by atoms with Crippen molar-refractivity contribution in [3.05, 3.63) is 77.9 Å². The summed E-state index contributed by atoms with van der Waals surface area (Å²) in [6, 6.07) is 19.0. The smallest absolute Gasteiger partial charge is 0.310 e. The van der Waals surface area contributed by atoms with Crippen molar-refractivity contribution in [2.75, 3.05) is 13.1 Å². The van der Waals surface area contributed by atoms with Gasteiger partial charge in [0.15, 0.2) is 0 Å². The van der Waals surface area contributed by atoms with Crippen LogP contribution in [0.5, 0.6) is 0 Å². The van der Waals surface area contributed by atoms with E-state index in [0.717, 1.165) is 18.4 Å².